The molecular formula is C15H15NO4S. The predicted molar refractivity (Wildman–Crippen MR) is 80.2 cm³/mol. The van der Waals surface area contributed by atoms with Gasteiger partial charge in [-0.3, -0.25) is 4.90 Å². The molecule has 0 spiro atoms. The van der Waals surface area contributed by atoms with Crippen LogP contribution in [0.3, 0.4) is 0 Å². The Labute approximate surface area is 123 Å². The van der Waals surface area contributed by atoms with Crippen LogP contribution in [0, 0.1) is 6.92 Å². The van der Waals surface area contributed by atoms with E-state index >= 15 is 0 Å². The van der Waals surface area contributed by atoms with Crippen molar-refractivity contribution in [3.8, 4) is 0 Å². The molecule has 110 valence electrons. The molecule has 0 unspecified atom stereocenters. The number of benzene rings is 2. The summed E-state index contributed by atoms with van der Waals surface area (Å²) >= 11 is 0. The van der Waals surface area contributed by atoms with Crippen molar-refractivity contribution in [1.29, 1.82) is 0 Å². The Morgan fingerprint density at radius 3 is 2.14 bits per heavy atom. The number of carboxylic acid groups (broad SMARTS) is 1. The van der Waals surface area contributed by atoms with E-state index in [0.717, 1.165) is 10.5 Å². The SMILES string of the molecule is Cc1ccc(S(=O)(=O)CN(C(=O)O)c2ccccc2)cc1. The zero-order valence-electron chi connectivity index (χ0n) is 11.4. The van der Waals surface area contributed by atoms with Crippen molar-refractivity contribution in [2.75, 3.05) is 10.8 Å². The van der Waals surface area contributed by atoms with Crippen LogP contribution in [0.4, 0.5) is 10.5 Å². The van der Waals surface area contributed by atoms with Gasteiger partial charge in [-0.2, -0.15) is 0 Å². The molecule has 0 bridgehead atoms. The predicted octanol–water partition coefficient (Wildman–Crippen LogP) is 2.91. The maximum absolute atomic E-state index is 12.3. The summed E-state index contributed by atoms with van der Waals surface area (Å²) < 4.78 is 24.7. The fourth-order valence-electron chi connectivity index (χ4n) is 1.84. The maximum atomic E-state index is 12.3. The third kappa shape index (κ3) is 3.61. The van der Waals surface area contributed by atoms with Crippen LogP contribution >= 0.6 is 0 Å². The zero-order chi connectivity index (χ0) is 15.5. The molecule has 0 aliphatic rings. The van der Waals surface area contributed by atoms with Gasteiger partial charge in [0.05, 0.1) is 4.90 Å². The summed E-state index contributed by atoms with van der Waals surface area (Å²) in [7, 11) is -3.72. The molecule has 0 aliphatic carbocycles. The minimum atomic E-state index is -3.72. The molecule has 6 heteroatoms. The van der Waals surface area contributed by atoms with E-state index in [1.54, 1.807) is 42.5 Å². The van der Waals surface area contributed by atoms with E-state index in [1.165, 1.54) is 12.1 Å². The number of amides is 1. The Morgan fingerprint density at radius 2 is 1.62 bits per heavy atom. The monoisotopic (exact) mass is 305 g/mol. The van der Waals surface area contributed by atoms with Gasteiger partial charge in [0.2, 0.25) is 0 Å². The normalized spacial score (nSPS) is 11.1. The van der Waals surface area contributed by atoms with Crippen molar-refractivity contribution in [3.05, 3.63) is 60.2 Å². The summed E-state index contributed by atoms with van der Waals surface area (Å²) in [6, 6.07) is 14.5. The number of carbonyl (C=O) groups is 1. The first-order valence-electron chi connectivity index (χ1n) is 6.25. The lowest BCUT2D eigenvalue weighted by molar-refractivity contribution is 0.203. The van der Waals surface area contributed by atoms with Gasteiger partial charge in [0.15, 0.2) is 9.84 Å². The number of para-hydroxylation sites is 1. The van der Waals surface area contributed by atoms with E-state index in [0.29, 0.717) is 5.69 Å². The lowest BCUT2D eigenvalue weighted by Gasteiger charge is -2.19. The number of anilines is 1. The average molecular weight is 305 g/mol. The fraction of sp³-hybridized carbons (Fsp3) is 0.133. The molecule has 0 radical (unpaired) electrons. The first-order valence-corrected chi connectivity index (χ1v) is 7.90. The van der Waals surface area contributed by atoms with Crippen molar-refractivity contribution in [1.82, 2.24) is 0 Å². The Morgan fingerprint density at radius 1 is 1.05 bits per heavy atom. The number of hydrogen-bond donors (Lipinski definition) is 1. The lowest BCUT2D eigenvalue weighted by atomic mass is 10.2. The molecule has 5 nitrogen and oxygen atoms in total. The molecule has 0 fully saturated rings. The van der Waals surface area contributed by atoms with Gasteiger partial charge in [0.25, 0.3) is 0 Å². The van der Waals surface area contributed by atoms with Crippen LogP contribution in [-0.4, -0.2) is 25.5 Å². The molecule has 0 saturated carbocycles. The molecule has 1 amide bonds. The van der Waals surface area contributed by atoms with Crippen molar-refractivity contribution in [2.24, 2.45) is 0 Å². The number of nitrogens with zero attached hydrogens (tertiary/aromatic N) is 1. The van der Waals surface area contributed by atoms with Crippen LogP contribution in [0.2, 0.25) is 0 Å². The van der Waals surface area contributed by atoms with E-state index in [1.807, 2.05) is 6.92 Å². The van der Waals surface area contributed by atoms with Crippen molar-refractivity contribution in [2.45, 2.75) is 11.8 Å². The largest absolute Gasteiger partial charge is 0.465 e. The molecule has 0 saturated heterocycles. The molecule has 2 aromatic carbocycles. The van der Waals surface area contributed by atoms with Crippen molar-refractivity contribution < 1.29 is 18.3 Å². The van der Waals surface area contributed by atoms with E-state index in [-0.39, 0.29) is 4.90 Å². The minimum Gasteiger partial charge on any atom is -0.465 e. The van der Waals surface area contributed by atoms with Crippen molar-refractivity contribution >= 4 is 21.6 Å². The molecule has 0 aliphatic heterocycles. The zero-order valence-corrected chi connectivity index (χ0v) is 12.2. The molecular weight excluding hydrogens is 290 g/mol. The van der Waals surface area contributed by atoms with Crippen LogP contribution in [-0.2, 0) is 9.84 Å². The number of hydrogen-bond acceptors (Lipinski definition) is 3. The molecule has 21 heavy (non-hydrogen) atoms. The van der Waals surface area contributed by atoms with Gasteiger partial charge >= 0.3 is 6.09 Å². The Balaban J connectivity index is 2.32. The molecule has 0 heterocycles. The van der Waals surface area contributed by atoms with Crippen LogP contribution in [0.5, 0.6) is 0 Å². The highest BCUT2D eigenvalue weighted by Gasteiger charge is 2.23. The standard InChI is InChI=1S/C15H15NO4S/c1-12-7-9-14(10-8-12)21(19,20)11-16(15(17)18)13-5-3-2-4-6-13/h2-10H,11H2,1H3,(H,17,18). The van der Waals surface area contributed by atoms with Crippen LogP contribution in [0.25, 0.3) is 0 Å². The first kappa shape index (κ1) is 15.1. The summed E-state index contributed by atoms with van der Waals surface area (Å²) in [6.07, 6.45) is -1.31. The Kier molecular flexibility index (Phi) is 4.28. The summed E-state index contributed by atoms with van der Waals surface area (Å²) in [4.78, 5) is 12.2. The summed E-state index contributed by atoms with van der Waals surface area (Å²) in [5.74, 6) is -0.616. The van der Waals surface area contributed by atoms with Gasteiger partial charge in [-0.05, 0) is 31.2 Å². The average Bonchev–Trinajstić information content (AvgIpc) is 2.46. The third-order valence-electron chi connectivity index (χ3n) is 2.98. The van der Waals surface area contributed by atoms with E-state index < -0.39 is 21.8 Å². The van der Waals surface area contributed by atoms with Gasteiger partial charge in [0, 0.05) is 5.69 Å². The molecule has 0 atom stereocenters. The third-order valence-corrected chi connectivity index (χ3v) is 4.57. The molecule has 0 aromatic heterocycles. The van der Waals surface area contributed by atoms with E-state index in [4.69, 9.17) is 0 Å². The Bertz CT molecular complexity index is 724. The second kappa shape index (κ2) is 5.97. The quantitative estimate of drug-likeness (QED) is 0.942. The van der Waals surface area contributed by atoms with E-state index in [9.17, 15) is 18.3 Å². The van der Waals surface area contributed by atoms with Gasteiger partial charge in [0.1, 0.15) is 5.88 Å². The summed E-state index contributed by atoms with van der Waals surface area (Å²) in [6.45, 7) is 1.85. The van der Waals surface area contributed by atoms with Crippen molar-refractivity contribution in [3.63, 3.8) is 0 Å². The lowest BCUT2D eigenvalue weighted by Crippen LogP contribution is -2.34. The van der Waals surface area contributed by atoms with Gasteiger partial charge in [-0.1, -0.05) is 35.9 Å². The van der Waals surface area contributed by atoms with Crippen LogP contribution < -0.4 is 4.90 Å². The smallest absolute Gasteiger partial charge is 0.412 e. The number of rotatable bonds is 4. The highest BCUT2D eigenvalue weighted by Crippen LogP contribution is 2.19. The minimum absolute atomic E-state index is 0.107. The highest BCUT2D eigenvalue weighted by molar-refractivity contribution is 7.91. The summed E-state index contributed by atoms with van der Waals surface area (Å²) in [5.41, 5.74) is 1.26. The van der Waals surface area contributed by atoms with E-state index in [2.05, 4.69) is 0 Å². The van der Waals surface area contributed by atoms with Gasteiger partial charge < -0.3 is 5.11 Å². The first-order chi connectivity index (χ1) is 9.90. The Hall–Kier alpha value is -2.34. The van der Waals surface area contributed by atoms with Gasteiger partial charge in [-0.15, -0.1) is 0 Å². The maximum Gasteiger partial charge on any atom is 0.412 e. The highest BCUT2D eigenvalue weighted by atomic mass is 32.2. The number of aryl methyl sites for hydroxylation is 1. The fourth-order valence-corrected chi connectivity index (χ4v) is 3.14. The summed E-state index contributed by atoms with van der Waals surface area (Å²) in [5, 5.41) is 9.24. The molecule has 2 rings (SSSR count). The number of sulfone groups is 1. The topological polar surface area (TPSA) is 74.7 Å². The second-order valence-corrected chi connectivity index (χ2v) is 6.56. The van der Waals surface area contributed by atoms with Crippen LogP contribution in [0.15, 0.2) is 59.5 Å². The molecule has 1 N–H and O–H groups in total. The van der Waals surface area contributed by atoms with Gasteiger partial charge in [-0.25, -0.2) is 13.2 Å². The second-order valence-electron chi connectivity index (χ2n) is 4.60. The van der Waals surface area contributed by atoms with Crippen LogP contribution in [0.1, 0.15) is 5.56 Å². The molecule has 2 aromatic rings.